The summed E-state index contributed by atoms with van der Waals surface area (Å²) >= 11 is 0. The van der Waals surface area contributed by atoms with Gasteiger partial charge in [-0.05, 0) is 81.1 Å². The molecule has 39 heavy (non-hydrogen) atoms. The number of allylic oxidation sites excluding steroid dienone is 4. The maximum atomic E-state index is 10.8. The molecule has 0 aromatic carbocycles. The predicted octanol–water partition coefficient (Wildman–Crippen LogP) is 12.6. The van der Waals surface area contributed by atoms with Crippen LogP contribution in [-0.4, -0.2) is 16.8 Å². The number of rotatable bonds is 13. The van der Waals surface area contributed by atoms with Crippen molar-refractivity contribution in [2.45, 2.75) is 194 Å². The van der Waals surface area contributed by atoms with Crippen molar-refractivity contribution in [3.63, 3.8) is 0 Å². The molecule has 2 rings (SSSR count). The Morgan fingerprint density at radius 3 is 1.64 bits per heavy atom. The second-order valence-electron chi connectivity index (χ2n) is 13.4. The predicted molar refractivity (Wildman–Crippen MR) is 173 cm³/mol. The molecule has 0 saturated heterocycles. The van der Waals surface area contributed by atoms with E-state index in [1.165, 1.54) is 153 Å². The maximum Gasteiger partial charge on any atom is 0.0917 e. The first-order valence-corrected chi connectivity index (χ1v) is 17.7. The van der Waals surface area contributed by atoms with E-state index in [-0.39, 0.29) is 0 Å². The summed E-state index contributed by atoms with van der Waals surface area (Å²) in [7, 11) is 0. The molecule has 230 valence electrons. The van der Waals surface area contributed by atoms with Crippen LogP contribution in [0.15, 0.2) is 23.5 Å². The van der Waals surface area contributed by atoms with Crippen molar-refractivity contribution >= 4 is 0 Å². The Hall–Kier alpha value is -0.760. The van der Waals surface area contributed by atoms with Crippen molar-refractivity contribution in [1.82, 2.24) is 0 Å². The summed E-state index contributed by atoms with van der Waals surface area (Å²) in [5, 5.41) is 19.4. The van der Waals surface area contributed by atoms with Crippen molar-refractivity contribution in [2.24, 2.45) is 11.3 Å². The third-order valence-electron chi connectivity index (χ3n) is 9.33. The Morgan fingerprint density at radius 2 is 1.13 bits per heavy atom. The maximum absolute atomic E-state index is 10.8. The average Bonchev–Trinajstić information content (AvgIpc) is 3.27. The Kier molecular flexibility index (Phi) is 23.2. The Morgan fingerprint density at radius 1 is 0.641 bits per heavy atom. The monoisotopic (exact) mass is 547 g/mol. The lowest BCUT2D eigenvalue weighted by atomic mass is 9.75. The first kappa shape index (κ1) is 36.3. The fourth-order valence-electron chi connectivity index (χ4n) is 6.68. The minimum absolute atomic E-state index is 0.349. The van der Waals surface area contributed by atoms with Gasteiger partial charge in [0.1, 0.15) is 0 Å². The van der Waals surface area contributed by atoms with Crippen molar-refractivity contribution < 1.29 is 10.2 Å². The normalized spacial score (nSPS) is 21.8. The number of aliphatic hydroxyl groups is 2. The molecule has 0 aliphatic heterocycles. The molecule has 1 unspecified atom stereocenters. The molecule has 1 fully saturated rings. The van der Waals surface area contributed by atoms with Crippen LogP contribution >= 0.6 is 0 Å². The van der Waals surface area contributed by atoms with Crippen LogP contribution in [-0.2, 0) is 0 Å². The van der Waals surface area contributed by atoms with Gasteiger partial charge in [-0.1, -0.05) is 136 Å². The van der Waals surface area contributed by atoms with Crippen LogP contribution in [0, 0.1) is 11.3 Å². The number of aliphatic hydroxyl groups excluding tert-OH is 2. The van der Waals surface area contributed by atoms with E-state index in [4.69, 9.17) is 5.11 Å². The summed E-state index contributed by atoms with van der Waals surface area (Å²) in [4.78, 5) is 0. The summed E-state index contributed by atoms with van der Waals surface area (Å²) < 4.78 is 0. The number of hydrogen-bond acceptors (Lipinski definition) is 2. The van der Waals surface area contributed by atoms with Gasteiger partial charge < -0.3 is 10.2 Å². The van der Waals surface area contributed by atoms with Crippen LogP contribution in [0.3, 0.4) is 0 Å². The lowest BCUT2D eigenvalue weighted by Gasteiger charge is -2.30. The zero-order valence-electron chi connectivity index (χ0n) is 26.9. The second-order valence-corrected chi connectivity index (χ2v) is 13.4. The largest absolute Gasteiger partial charge is 0.512 e. The zero-order chi connectivity index (χ0) is 28.4. The van der Waals surface area contributed by atoms with Crippen LogP contribution in [0.25, 0.3) is 0 Å². The van der Waals surface area contributed by atoms with Crippen molar-refractivity contribution in [1.29, 1.82) is 0 Å². The van der Waals surface area contributed by atoms with Crippen molar-refractivity contribution in [3.8, 4) is 0 Å². The van der Waals surface area contributed by atoms with Gasteiger partial charge in [0.05, 0.1) is 5.76 Å². The molecule has 0 heterocycles. The molecule has 0 amide bonds. The fourth-order valence-corrected chi connectivity index (χ4v) is 6.68. The van der Waals surface area contributed by atoms with Crippen LogP contribution in [0.5, 0.6) is 0 Å². The van der Waals surface area contributed by atoms with E-state index >= 15 is 0 Å². The molecule has 2 nitrogen and oxygen atoms in total. The van der Waals surface area contributed by atoms with Gasteiger partial charge in [0.25, 0.3) is 0 Å². The molecular weight excluding hydrogens is 476 g/mol. The molecule has 0 aromatic heterocycles. The van der Waals surface area contributed by atoms with E-state index in [2.05, 4.69) is 32.9 Å². The van der Waals surface area contributed by atoms with Gasteiger partial charge in [-0.25, -0.2) is 0 Å². The molecule has 0 radical (unpaired) electrons. The van der Waals surface area contributed by atoms with Gasteiger partial charge in [0.2, 0.25) is 0 Å². The fraction of sp³-hybridized carbons (Fsp3) is 0.892. The van der Waals surface area contributed by atoms with Crippen LogP contribution in [0.1, 0.15) is 194 Å². The molecule has 0 bridgehead atoms. The first-order valence-electron chi connectivity index (χ1n) is 17.7. The highest BCUT2D eigenvalue weighted by molar-refractivity contribution is 5.16. The molecule has 2 aliphatic carbocycles. The highest BCUT2D eigenvalue weighted by Gasteiger charge is 2.37. The summed E-state index contributed by atoms with van der Waals surface area (Å²) in [6.45, 7) is 7.45. The van der Waals surface area contributed by atoms with Gasteiger partial charge >= 0.3 is 0 Å². The van der Waals surface area contributed by atoms with Gasteiger partial charge in [-0.2, -0.15) is 0 Å². The van der Waals surface area contributed by atoms with E-state index in [0.717, 1.165) is 31.4 Å². The average molecular weight is 547 g/mol. The first-order chi connectivity index (χ1) is 19.0. The molecule has 2 aliphatic rings. The minimum Gasteiger partial charge on any atom is -0.512 e. The van der Waals surface area contributed by atoms with E-state index in [1.54, 1.807) is 0 Å². The molecule has 0 aromatic rings. The topological polar surface area (TPSA) is 40.5 Å². The highest BCUT2D eigenvalue weighted by Crippen LogP contribution is 2.48. The van der Waals surface area contributed by atoms with E-state index in [9.17, 15) is 5.11 Å². The smallest absolute Gasteiger partial charge is 0.0917 e. The van der Waals surface area contributed by atoms with Crippen LogP contribution in [0.4, 0.5) is 0 Å². The zero-order valence-corrected chi connectivity index (χ0v) is 26.9. The summed E-state index contributed by atoms with van der Waals surface area (Å²) in [6.07, 6.45) is 39.8. The Balaban J connectivity index is 0.000000420. The third kappa shape index (κ3) is 19.1. The van der Waals surface area contributed by atoms with Gasteiger partial charge in [-0.3, -0.25) is 0 Å². The summed E-state index contributed by atoms with van der Waals surface area (Å²) in [5.74, 6) is 1.41. The molecule has 1 saturated carbocycles. The van der Waals surface area contributed by atoms with Gasteiger partial charge in [0.15, 0.2) is 0 Å². The third-order valence-corrected chi connectivity index (χ3v) is 9.33. The van der Waals surface area contributed by atoms with Crippen molar-refractivity contribution in [2.75, 3.05) is 6.61 Å². The van der Waals surface area contributed by atoms with Gasteiger partial charge in [-0.15, -0.1) is 0 Å². The molecule has 2 N–H and O–H groups in total. The minimum atomic E-state index is 0.349. The summed E-state index contributed by atoms with van der Waals surface area (Å²) in [5.41, 5.74) is 1.84. The molecule has 2 heteroatoms. The number of unbranched alkanes of at least 4 members (excludes halogenated alkanes) is 9. The quantitative estimate of drug-likeness (QED) is 0.178. The lowest BCUT2D eigenvalue weighted by Crippen LogP contribution is -2.21. The van der Waals surface area contributed by atoms with Crippen LogP contribution < -0.4 is 0 Å². The standard InChI is InChI=1S/C22H40O.C15H30O/c1-22(2)18-14-16-20(22)19-15-12-10-8-6-4-3-5-7-9-11-13-17-21(19)23;1-2-3-4-5-6-7-8-9-10-11-12-13-14-15-16/h20,23H,3-18H2,1-2H3;9-10,16H,2-8,11-15H2,1H3/b;10-9-. The number of hydrogen-bond donors (Lipinski definition) is 2. The van der Waals surface area contributed by atoms with E-state index < -0.39 is 0 Å². The second kappa shape index (κ2) is 25.0. The van der Waals surface area contributed by atoms with E-state index in [1.807, 2.05) is 0 Å². The Labute approximate surface area is 245 Å². The van der Waals surface area contributed by atoms with Gasteiger partial charge in [0, 0.05) is 13.0 Å². The highest BCUT2D eigenvalue weighted by atomic mass is 16.3. The molecular formula is C37H70O2. The molecule has 1 atom stereocenters. The molecule has 0 spiro atoms. The Bertz CT molecular complexity index is 603. The van der Waals surface area contributed by atoms with Crippen LogP contribution in [0.2, 0.25) is 0 Å². The lowest BCUT2D eigenvalue weighted by molar-refractivity contribution is 0.269. The van der Waals surface area contributed by atoms with Crippen molar-refractivity contribution in [3.05, 3.63) is 23.5 Å². The van der Waals surface area contributed by atoms with E-state index in [0.29, 0.717) is 17.9 Å². The summed E-state index contributed by atoms with van der Waals surface area (Å²) in [6, 6.07) is 0. The SMILES string of the molecule is CC1(C)CCCC1C1=C(O)CCCCCCCCCCCCC1.CCCCCCCC/C=C\CCCCCO.